The summed E-state index contributed by atoms with van der Waals surface area (Å²) >= 11 is 0. The van der Waals surface area contributed by atoms with Crippen LogP contribution in [0.3, 0.4) is 0 Å². The van der Waals surface area contributed by atoms with Crippen LogP contribution in [0.4, 0.5) is 0 Å². The Morgan fingerprint density at radius 1 is 1.67 bits per heavy atom. The molecule has 2 heterocycles. The van der Waals surface area contributed by atoms with E-state index in [2.05, 4.69) is 10.2 Å². The van der Waals surface area contributed by atoms with E-state index in [1.807, 2.05) is 30.1 Å². The van der Waals surface area contributed by atoms with Crippen LogP contribution in [-0.2, 0) is 17.8 Å². The van der Waals surface area contributed by atoms with E-state index in [1.165, 1.54) is 5.56 Å². The van der Waals surface area contributed by atoms with Gasteiger partial charge in [0.25, 0.3) is 0 Å². The van der Waals surface area contributed by atoms with Gasteiger partial charge >= 0.3 is 0 Å². The number of H-pyrrole nitrogens is 1. The number of hydrogen-bond donors (Lipinski definition) is 1. The monoisotopic (exact) mass is 208 g/mol. The third-order valence-corrected chi connectivity index (χ3v) is 2.60. The molecule has 1 aliphatic heterocycles. The van der Waals surface area contributed by atoms with Crippen LogP contribution in [0.5, 0.6) is 0 Å². The normalized spacial score (nSPS) is 15.5. The van der Waals surface area contributed by atoms with E-state index in [1.54, 1.807) is 0 Å². The zero-order chi connectivity index (χ0) is 10.8. The van der Waals surface area contributed by atoms with Crippen LogP contribution in [0.2, 0.25) is 0 Å². The lowest BCUT2D eigenvalue weighted by Gasteiger charge is -2.27. The van der Waals surface area contributed by atoms with E-state index in [9.17, 15) is 4.79 Å². The fraction of sp³-hybridized carbons (Fsp3) is 0.600. The second kappa shape index (κ2) is 4.02. The van der Waals surface area contributed by atoms with Crippen LogP contribution in [0.15, 0.2) is 6.20 Å². The number of nitrogens with zero attached hydrogens (tertiary/aromatic N) is 3. The van der Waals surface area contributed by atoms with E-state index in [4.69, 9.17) is 0 Å². The van der Waals surface area contributed by atoms with Gasteiger partial charge in [0.05, 0.1) is 18.8 Å². The molecule has 0 aliphatic carbocycles. The van der Waals surface area contributed by atoms with Gasteiger partial charge in [0, 0.05) is 12.7 Å². The summed E-state index contributed by atoms with van der Waals surface area (Å²) in [6.45, 7) is 1.92. The van der Waals surface area contributed by atoms with Crippen LogP contribution in [0.25, 0.3) is 0 Å². The fourth-order valence-corrected chi connectivity index (χ4v) is 1.80. The Labute approximate surface area is 89.1 Å². The van der Waals surface area contributed by atoms with Crippen molar-refractivity contribution in [2.45, 2.75) is 13.0 Å². The highest BCUT2D eigenvalue weighted by Gasteiger charge is 2.22. The Hall–Kier alpha value is -1.36. The molecule has 1 amide bonds. The van der Waals surface area contributed by atoms with Crippen molar-refractivity contribution in [1.29, 1.82) is 0 Å². The Bertz CT molecular complexity index is 358. The topological polar surface area (TPSA) is 52.2 Å². The standard InChI is InChI=1S/C10H16N4O/c1-13(2)7-10(15)14-4-3-8-5-11-12-9(8)6-14/h5H,3-4,6-7H2,1-2H3,(H,11,12). The zero-order valence-electron chi connectivity index (χ0n) is 9.16. The summed E-state index contributed by atoms with van der Waals surface area (Å²) in [6, 6.07) is 0. The second-order valence-electron chi connectivity index (χ2n) is 4.16. The molecule has 0 unspecified atom stereocenters. The van der Waals surface area contributed by atoms with E-state index in [0.717, 1.165) is 18.7 Å². The number of aromatic amines is 1. The zero-order valence-corrected chi connectivity index (χ0v) is 9.16. The second-order valence-corrected chi connectivity index (χ2v) is 4.16. The predicted octanol–water partition coefficient (Wildman–Crippen LogP) is -0.144. The van der Waals surface area contributed by atoms with Gasteiger partial charge in [0.15, 0.2) is 0 Å². The van der Waals surface area contributed by atoms with Gasteiger partial charge in [-0.2, -0.15) is 5.10 Å². The van der Waals surface area contributed by atoms with Crippen molar-refractivity contribution in [3.05, 3.63) is 17.5 Å². The highest BCUT2D eigenvalue weighted by atomic mass is 16.2. The van der Waals surface area contributed by atoms with Gasteiger partial charge in [-0.3, -0.25) is 9.89 Å². The highest BCUT2D eigenvalue weighted by Crippen LogP contribution is 2.15. The average Bonchev–Trinajstić information content (AvgIpc) is 2.62. The minimum absolute atomic E-state index is 0.175. The Morgan fingerprint density at radius 2 is 2.47 bits per heavy atom. The minimum atomic E-state index is 0.175. The van der Waals surface area contributed by atoms with Crippen molar-refractivity contribution < 1.29 is 4.79 Å². The molecule has 0 bridgehead atoms. The number of likely N-dealkylation sites (N-methyl/N-ethyl adjacent to an activating group) is 1. The number of aromatic nitrogens is 2. The largest absolute Gasteiger partial charge is 0.335 e. The molecule has 5 nitrogen and oxygen atoms in total. The van der Waals surface area contributed by atoms with Gasteiger partial charge in [-0.15, -0.1) is 0 Å². The molecule has 0 radical (unpaired) electrons. The molecule has 0 aromatic carbocycles. The Kier molecular flexibility index (Phi) is 2.73. The summed E-state index contributed by atoms with van der Waals surface area (Å²) in [5.41, 5.74) is 2.25. The lowest BCUT2D eigenvalue weighted by atomic mass is 10.1. The maximum absolute atomic E-state index is 11.8. The molecule has 0 saturated heterocycles. The number of carbonyl (C=O) groups is 1. The van der Waals surface area contributed by atoms with Gasteiger partial charge in [0.2, 0.25) is 5.91 Å². The van der Waals surface area contributed by atoms with Crippen molar-refractivity contribution in [3.8, 4) is 0 Å². The molecule has 0 spiro atoms. The first-order chi connectivity index (χ1) is 7.16. The third-order valence-electron chi connectivity index (χ3n) is 2.60. The summed E-state index contributed by atoms with van der Waals surface area (Å²) in [7, 11) is 3.81. The Balaban J connectivity index is 2.00. The van der Waals surface area contributed by atoms with Gasteiger partial charge in [-0.05, 0) is 26.1 Å². The molecule has 0 fully saturated rings. The first-order valence-electron chi connectivity index (χ1n) is 5.11. The van der Waals surface area contributed by atoms with Crippen LogP contribution in [-0.4, -0.2) is 53.1 Å². The third kappa shape index (κ3) is 2.18. The lowest BCUT2D eigenvalue weighted by molar-refractivity contribution is -0.132. The summed E-state index contributed by atoms with van der Waals surface area (Å²) in [4.78, 5) is 15.5. The van der Waals surface area contributed by atoms with Gasteiger partial charge in [-0.1, -0.05) is 0 Å². The Morgan fingerprint density at radius 3 is 3.20 bits per heavy atom. The van der Waals surface area contributed by atoms with E-state index >= 15 is 0 Å². The van der Waals surface area contributed by atoms with Gasteiger partial charge in [-0.25, -0.2) is 0 Å². The quantitative estimate of drug-likeness (QED) is 0.735. The molecule has 2 rings (SSSR count). The van der Waals surface area contributed by atoms with Crippen molar-refractivity contribution in [1.82, 2.24) is 20.0 Å². The summed E-state index contributed by atoms with van der Waals surface area (Å²) < 4.78 is 0. The molecule has 1 aromatic rings. The van der Waals surface area contributed by atoms with Crippen LogP contribution in [0.1, 0.15) is 11.3 Å². The van der Waals surface area contributed by atoms with Crippen LogP contribution < -0.4 is 0 Å². The minimum Gasteiger partial charge on any atom is -0.335 e. The smallest absolute Gasteiger partial charge is 0.237 e. The SMILES string of the molecule is CN(C)CC(=O)N1CCc2c[nH]nc2C1. The van der Waals surface area contributed by atoms with E-state index in [-0.39, 0.29) is 5.91 Å². The van der Waals surface area contributed by atoms with Crippen LogP contribution >= 0.6 is 0 Å². The molecule has 0 atom stereocenters. The number of amides is 1. The average molecular weight is 208 g/mol. The molecule has 5 heteroatoms. The van der Waals surface area contributed by atoms with Crippen molar-refractivity contribution in [2.24, 2.45) is 0 Å². The lowest BCUT2D eigenvalue weighted by Crippen LogP contribution is -2.40. The van der Waals surface area contributed by atoms with Gasteiger partial charge in [0.1, 0.15) is 0 Å². The van der Waals surface area contributed by atoms with Gasteiger partial charge < -0.3 is 9.80 Å². The van der Waals surface area contributed by atoms with E-state index < -0.39 is 0 Å². The van der Waals surface area contributed by atoms with Crippen molar-refractivity contribution >= 4 is 5.91 Å². The number of rotatable bonds is 2. The molecule has 82 valence electrons. The molecular formula is C10H16N4O. The van der Waals surface area contributed by atoms with E-state index in [0.29, 0.717) is 13.1 Å². The molecular weight excluding hydrogens is 192 g/mol. The first kappa shape index (κ1) is 10.2. The molecule has 1 N–H and O–H groups in total. The summed E-state index contributed by atoms with van der Waals surface area (Å²) in [6.07, 6.45) is 2.83. The summed E-state index contributed by atoms with van der Waals surface area (Å²) in [5, 5.41) is 6.98. The maximum atomic E-state index is 11.8. The maximum Gasteiger partial charge on any atom is 0.237 e. The highest BCUT2D eigenvalue weighted by molar-refractivity contribution is 5.78. The van der Waals surface area contributed by atoms with Crippen molar-refractivity contribution in [2.75, 3.05) is 27.2 Å². The molecule has 15 heavy (non-hydrogen) atoms. The molecule has 1 aromatic heterocycles. The predicted molar refractivity (Wildman–Crippen MR) is 56.3 cm³/mol. The fourth-order valence-electron chi connectivity index (χ4n) is 1.80. The number of carbonyl (C=O) groups excluding carboxylic acids is 1. The molecule has 1 aliphatic rings. The van der Waals surface area contributed by atoms with Crippen molar-refractivity contribution in [3.63, 3.8) is 0 Å². The van der Waals surface area contributed by atoms with Crippen LogP contribution in [0, 0.1) is 0 Å². The summed E-state index contributed by atoms with van der Waals surface area (Å²) in [5.74, 6) is 0.175. The number of hydrogen-bond acceptors (Lipinski definition) is 3. The number of fused-ring (bicyclic) bond motifs is 1. The molecule has 0 saturated carbocycles. The first-order valence-corrected chi connectivity index (χ1v) is 5.11. The number of nitrogens with one attached hydrogen (secondary N) is 1.